The molecule has 0 spiro atoms. The van der Waals surface area contributed by atoms with E-state index in [1.807, 2.05) is 25.3 Å². The van der Waals surface area contributed by atoms with Crippen LogP contribution in [0.1, 0.15) is 22.5 Å². The lowest BCUT2D eigenvalue weighted by atomic mass is 10.1. The molecule has 2 aliphatic rings. The first kappa shape index (κ1) is 13.4. The normalized spacial score (nSPS) is 17.3. The van der Waals surface area contributed by atoms with Crippen LogP contribution in [0.5, 0.6) is 0 Å². The van der Waals surface area contributed by atoms with E-state index in [2.05, 4.69) is 32.0 Å². The number of aromatic nitrogens is 2. The van der Waals surface area contributed by atoms with E-state index < -0.39 is 0 Å². The standard InChI is InChI=1S/C17H18N4O/c1-12-2-3-14-11-19-16(17(14)20-12)13-4-5-18-15(10-13)21-6-8-22-9-7-21/h2-5,10H,6-9,11H2,1H3. The van der Waals surface area contributed by atoms with Crippen LogP contribution in [0.25, 0.3) is 0 Å². The molecule has 4 rings (SSSR count). The van der Waals surface area contributed by atoms with Gasteiger partial charge in [0.2, 0.25) is 0 Å². The average molecular weight is 294 g/mol. The lowest BCUT2D eigenvalue weighted by molar-refractivity contribution is 0.122. The lowest BCUT2D eigenvalue weighted by Gasteiger charge is -2.28. The Kier molecular flexibility index (Phi) is 3.35. The number of hydrogen-bond acceptors (Lipinski definition) is 5. The van der Waals surface area contributed by atoms with E-state index in [9.17, 15) is 0 Å². The minimum absolute atomic E-state index is 0.715. The van der Waals surface area contributed by atoms with Gasteiger partial charge >= 0.3 is 0 Å². The summed E-state index contributed by atoms with van der Waals surface area (Å²) < 4.78 is 5.41. The van der Waals surface area contributed by atoms with Gasteiger partial charge in [0.1, 0.15) is 5.82 Å². The predicted octanol–water partition coefficient (Wildman–Crippen LogP) is 1.97. The molecule has 0 aromatic carbocycles. The van der Waals surface area contributed by atoms with Gasteiger partial charge in [-0.1, -0.05) is 6.07 Å². The molecular formula is C17H18N4O. The molecule has 5 heteroatoms. The molecule has 112 valence electrons. The van der Waals surface area contributed by atoms with Gasteiger partial charge in [-0.3, -0.25) is 9.98 Å². The Morgan fingerprint density at radius 3 is 2.86 bits per heavy atom. The molecule has 0 unspecified atom stereocenters. The molecule has 0 N–H and O–H groups in total. The number of morpholine rings is 1. The topological polar surface area (TPSA) is 50.6 Å². The zero-order valence-electron chi connectivity index (χ0n) is 12.6. The number of aryl methyl sites for hydroxylation is 1. The average Bonchev–Trinajstić information content (AvgIpc) is 2.99. The number of anilines is 1. The molecule has 5 nitrogen and oxygen atoms in total. The van der Waals surface area contributed by atoms with E-state index in [1.54, 1.807) is 0 Å². The Morgan fingerprint density at radius 2 is 2.00 bits per heavy atom. The van der Waals surface area contributed by atoms with Gasteiger partial charge in [-0.15, -0.1) is 0 Å². The van der Waals surface area contributed by atoms with Crippen molar-refractivity contribution < 1.29 is 4.74 Å². The lowest BCUT2D eigenvalue weighted by Crippen LogP contribution is -2.36. The molecule has 0 bridgehead atoms. The van der Waals surface area contributed by atoms with Crippen LogP contribution in [0.15, 0.2) is 35.5 Å². The third-order valence-corrected chi connectivity index (χ3v) is 4.10. The molecule has 4 heterocycles. The van der Waals surface area contributed by atoms with E-state index in [0.29, 0.717) is 6.54 Å². The summed E-state index contributed by atoms with van der Waals surface area (Å²) >= 11 is 0. The highest BCUT2D eigenvalue weighted by atomic mass is 16.5. The van der Waals surface area contributed by atoms with Gasteiger partial charge in [0.05, 0.1) is 31.2 Å². The van der Waals surface area contributed by atoms with Gasteiger partial charge in [-0.25, -0.2) is 4.98 Å². The maximum absolute atomic E-state index is 5.41. The van der Waals surface area contributed by atoms with E-state index in [4.69, 9.17) is 4.74 Å². The number of rotatable bonds is 2. The van der Waals surface area contributed by atoms with E-state index in [-0.39, 0.29) is 0 Å². The van der Waals surface area contributed by atoms with Gasteiger partial charge in [-0.05, 0) is 25.1 Å². The second kappa shape index (κ2) is 5.50. The predicted molar refractivity (Wildman–Crippen MR) is 85.6 cm³/mol. The van der Waals surface area contributed by atoms with Gasteiger partial charge in [0.15, 0.2) is 0 Å². The Balaban J connectivity index is 1.68. The number of ether oxygens (including phenoxy) is 1. The molecule has 0 aliphatic carbocycles. The van der Waals surface area contributed by atoms with Gasteiger partial charge < -0.3 is 9.64 Å². The van der Waals surface area contributed by atoms with Crippen LogP contribution in [0.4, 0.5) is 5.82 Å². The molecule has 1 saturated heterocycles. The summed E-state index contributed by atoms with van der Waals surface area (Å²) in [4.78, 5) is 16.1. The first-order chi connectivity index (χ1) is 10.8. The molecule has 0 atom stereocenters. The maximum atomic E-state index is 5.41. The number of pyridine rings is 2. The summed E-state index contributed by atoms with van der Waals surface area (Å²) in [6.07, 6.45) is 1.86. The first-order valence-electron chi connectivity index (χ1n) is 7.62. The van der Waals surface area contributed by atoms with Crippen molar-refractivity contribution in [1.29, 1.82) is 0 Å². The highest BCUT2D eigenvalue weighted by Crippen LogP contribution is 2.23. The Bertz CT molecular complexity index is 735. The molecule has 22 heavy (non-hydrogen) atoms. The number of nitrogens with zero attached hydrogens (tertiary/aromatic N) is 4. The van der Waals surface area contributed by atoms with Crippen molar-refractivity contribution in [2.45, 2.75) is 13.5 Å². The number of aliphatic imine (C=N–C) groups is 1. The molecular weight excluding hydrogens is 276 g/mol. The fraction of sp³-hybridized carbons (Fsp3) is 0.353. The molecule has 0 amide bonds. The van der Waals surface area contributed by atoms with E-state index >= 15 is 0 Å². The third-order valence-electron chi connectivity index (χ3n) is 4.10. The van der Waals surface area contributed by atoms with Crippen LogP contribution < -0.4 is 4.90 Å². The Hall–Kier alpha value is -2.27. The Morgan fingerprint density at radius 1 is 1.14 bits per heavy atom. The van der Waals surface area contributed by atoms with Crippen LogP contribution in [0.3, 0.4) is 0 Å². The summed E-state index contributed by atoms with van der Waals surface area (Å²) in [5, 5.41) is 0. The van der Waals surface area contributed by atoms with Crippen molar-refractivity contribution in [2.75, 3.05) is 31.2 Å². The van der Waals surface area contributed by atoms with Crippen molar-refractivity contribution in [1.82, 2.24) is 9.97 Å². The zero-order valence-corrected chi connectivity index (χ0v) is 12.6. The van der Waals surface area contributed by atoms with Crippen LogP contribution in [-0.4, -0.2) is 42.0 Å². The van der Waals surface area contributed by atoms with E-state index in [0.717, 1.165) is 54.8 Å². The second-order valence-corrected chi connectivity index (χ2v) is 5.63. The molecule has 2 aromatic heterocycles. The van der Waals surface area contributed by atoms with Gasteiger partial charge in [-0.2, -0.15) is 0 Å². The molecule has 0 saturated carbocycles. The maximum Gasteiger partial charge on any atom is 0.129 e. The van der Waals surface area contributed by atoms with Crippen molar-refractivity contribution in [3.8, 4) is 0 Å². The molecule has 2 aliphatic heterocycles. The van der Waals surface area contributed by atoms with Crippen molar-refractivity contribution in [3.05, 3.63) is 53.0 Å². The minimum Gasteiger partial charge on any atom is -0.378 e. The zero-order chi connectivity index (χ0) is 14.9. The minimum atomic E-state index is 0.715. The molecule has 1 fully saturated rings. The van der Waals surface area contributed by atoms with Crippen molar-refractivity contribution in [2.24, 2.45) is 4.99 Å². The van der Waals surface area contributed by atoms with Crippen LogP contribution >= 0.6 is 0 Å². The summed E-state index contributed by atoms with van der Waals surface area (Å²) in [6.45, 7) is 6.02. The number of hydrogen-bond donors (Lipinski definition) is 0. The largest absolute Gasteiger partial charge is 0.378 e. The summed E-state index contributed by atoms with van der Waals surface area (Å²) in [5.74, 6) is 0.990. The first-order valence-corrected chi connectivity index (χ1v) is 7.62. The quantitative estimate of drug-likeness (QED) is 0.850. The smallest absolute Gasteiger partial charge is 0.129 e. The van der Waals surface area contributed by atoms with Crippen LogP contribution in [0.2, 0.25) is 0 Å². The Labute approximate surface area is 129 Å². The van der Waals surface area contributed by atoms with Gasteiger partial charge in [0, 0.05) is 36.1 Å². The fourth-order valence-corrected chi connectivity index (χ4v) is 2.92. The van der Waals surface area contributed by atoms with Crippen molar-refractivity contribution >= 4 is 11.5 Å². The SMILES string of the molecule is Cc1ccc2c(n1)C(c1ccnc(N3CCOCC3)c1)=NC2. The molecule has 0 radical (unpaired) electrons. The molecule has 2 aromatic rings. The second-order valence-electron chi connectivity index (χ2n) is 5.63. The highest BCUT2D eigenvalue weighted by Gasteiger charge is 2.20. The van der Waals surface area contributed by atoms with Gasteiger partial charge in [0.25, 0.3) is 0 Å². The summed E-state index contributed by atoms with van der Waals surface area (Å²) in [6, 6.07) is 8.30. The summed E-state index contributed by atoms with van der Waals surface area (Å²) in [7, 11) is 0. The third kappa shape index (κ3) is 2.37. The van der Waals surface area contributed by atoms with E-state index in [1.165, 1.54) is 5.56 Å². The highest BCUT2D eigenvalue weighted by molar-refractivity contribution is 6.14. The monoisotopic (exact) mass is 294 g/mol. The van der Waals surface area contributed by atoms with Crippen LogP contribution in [0, 0.1) is 6.92 Å². The summed E-state index contributed by atoms with van der Waals surface area (Å²) in [5.41, 5.74) is 5.31. The van der Waals surface area contributed by atoms with Crippen molar-refractivity contribution in [3.63, 3.8) is 0 Å². The number of fused-ring (bicyclic) bond motifs is 1. The fourth-order valence-electron chi connectivity index (χ4n) is 2.92. The van der Waals surface area contributed by atoms with Crippen LogP contribution in [-0.2, 0) is 11.3 Å².